The Kier molecular flexibility index (Phi) is 5.73. The lowest BCUT2D eigenvalue weighted by Gasteiger charge is -2.25. The summed E-state index contributed by atoms with van der Waals surface area (Å²) in [4.78, 5) is 16.5. The van der Waals surface area contributed by atoms with Crippen molar-refractivity contribution in [2.24, 2.45) is 0 Å². The summed E-state index contributed by atoms with van der Waals surface area (Å²) in [5.74, 6) is -0.558. The second-order valence-corrected chi connectivity index (χ2v) is 8.21. The molecule has 0 unspecified atom stereocenters. The van der Waals surface area contributed by atoms with Crippen LogP contribution in [0.25, 0.3) is 10.9 Å². The number of fused-ring (bicyclic) bond motifs is 1. The fourth-order valence-electron chi connectivity index (χ4n) is 4.42. The van der Waals surface area contributed by atoms with Crippen LogP contribution in [0.5, 0.6) is 0 Å². The fraction of sp³-hybridized carbons (Fsp3) is 0.360. The molecule has 0 spiro atoms. The van der Waals surface area contributed by atoms with E-state index in [4.69, 9.17) is 9.72 Å². The molecule has 0 aliphatic carbocycles. The molecule has 1 saturated heterocycles. The third-order valence-electron chi connectivity index (χ3n) is 5.94. The van der Waals surface area contributed by atoms with Crippen molar-refractivity contribution in [3.05, 3.63) is 70.4 Å². The van der Waals surface area contributed by atoms with Gasteiger partial charge in [0.15, 0.2) is 0 Å². The molecule has 0 amide bonds. The first-order chi connectivity index (χ1) is 14.4. The van der Waals surface area contributed by atoms with Crippen LogP contribution < -0.4 is 5.32 Å². The van der Waals surface area contributed by atoms with Gasteiger partial charge in [0.1, 0.15) is 0 Å². The number of rotatable bonds is 5. The van der Waals surface area contributed by atoms with Gasteiger partial charge in [-0.3, -0.25) is 4.98 Å². The highest BCUT2D eigenvalue weighted by Crippen LogP contribution is 2.34. The summed E-state index contributed by atoms with van der Waals surface area (Å²) in [6.45, 7) is 7.80. The molecule has 0 bridgehead atoms. The summed E-state index contributed by atoms with van der Waals surface area (Å²) in [7, 11) is 0. The van der Waals surface area contributed by atoms with Crippen molar-refractivity contribution < 1.29 is 14.6 Å². The molecule has 2 atom stereocenters. The summed E-state index contributed by atoms with van der Waals surface area (Å²) in [5, 5.41) is 14.0. The second kappa shape index (κ2) is 8.44. The van der Waals surface area contributed by atoms with Crippen LogP contribution in [0.15, 0.2) is 42.5 Å². The van der Waals surface area contributed by atoms with E-state index in [0.717, 1.165) is 53.8 Å². The minimum atomic E-state index is -0.934. The summed E-state index contributed by atoms with van der Waals surface area (Å²) >= 11 is 0. The van der Waals surface area contributed by atoms with Crippen molar-refractivity contribution in [1.29, 1.82) is 0 Å². The molecule has 2 aromatic carbocycles. The van der Waals surface area contributed by atoms with Gasteiger partial charge in [0.2, 0.25) is 0 Å². The zero-order valence-corrected chi connectivity index (χ0v) is 17.7. The summed E-state index contributed by atoms with van der Waals surface area (Å²) in [6, 6.07) is 13.5. The Labute approximate surface area is 177 Å². The number of para-hydroxylation sites is 1. The number of carboxylic acids is 1. The van der Waals surface area contributed by atoms with E-state index in [2.05, 4.69) is 44.3 Å². The highest BCUT2D eigenvalue weighted by molar-refractivity contribution is 5.94. The third kappa shape index (κ3) is 4.03. The van der Waals surface area contributed by atoms with Crippen molar-refractivity contribution >= 4 is 22.6 Å². The Hall–Kier alpha value is -2.92. The van der Waals surface area contributed by atoms with Crippen molar-refractivity contribution in [1.82, 2.24) is 4.98 Å². The smallest absolute Gasteiger partial charge is 0.337 e. The molecule has 5 nitrogen and oxygen atoms in total. The zero-order valence-electron chi connectivity index (χ0n) is 17.7. The van der Waals surface area contributed by atoms with Gasteiger partial charge < -0.3 is 15.2 Å². The van der Waals surface area contributed by atoms with Crippen molar-refractivity contribution in [2.75, 3.05) is 18.5 Å². The number of benzene rings is 2. The predicted octanol–water partition coefficient (Wildman–Crippen LogP) is 5.62. The number of hydrogen-bond acceptors (Lipinski definition) is 4. The first-order valence-electron chi connectivity index (χ1n) is 10.5. The molecule has 1 aliphatic heterocycles. The lowest BCUT2D eigenvalue weighted by Crippen LogP contribution is -2.17. The van der Waals surface area contributed by atoms with Crippen molar-refractivity contribution in [3.63, 3.8) is 0 Å². The molecule has 0 saturated carbocycles. The molecule has 3 aromatic rings. The van der Waals surface area contributed by atoms with Crippen LogP contribution in [0.2, 0.25) is 0 Å². The molecule has 5 heteroatoms. The second-order valence-electron chi connectivity index (χ2n) is 8.21. The van der Waals surface area contributed by atoms with E-state index < -0.39 is 5.97 Å². The average molecular weight is 405 g/mol. The monoisotopic (exact) mass is 404 g/mol. The molecule has 156 valence electrons. The number of hydrogen-bond donors (Lipinski definition) is 2. The maximum Gasteiger partial charge on any atom is 0.337 e. The Morgan fingerprint density at radius 2 is 2.03 bits per heavy atom. The Morgan fingerprint density at radius 1 is 1.23 bits per heavy atom. The minimum absolute atomic E-state index is 0.0761. The molecule has 1 aromatic heterocycles. The number of carbonyl (C=O) groups is 1. The Balaban J connectivity index is 1.76. The molecule has 0 radical (unpaired) electrons. The lowest BCUT2D eigenvalue weighted by molar-refractivity contribution is 0.0698. The molecule has 4 rings (SSSR count). The standard InChI is InChI=1S/C25H28N2O3/c1-15-11-21(17(3)26-23-9-5-4-8-19(23)25(28)29)22-13-20(16(2)27-24(22)12-15)18-7-6-10-30-14-18/h4-5,8-9,11-13,17-18,26H,6-7,10,14H2,1-3H3,(H,28,29)/t17-,18-/m1/s1. The Morgan fingerprint density at radius 3 is 2.77 bits per heavy atom. The number of anilines is 1. The molecule has 2 heterocycles. The number of ether oxygens (including phenoxy) is 1. The quantitative estimate of drug-likeness (QED) is 0.578. The van der Waals surface area contributed by atoms with Crippen LogP contribution in [-0.2, 0) is 4.74 Å². The van der Waals surface area contributed by atoms with Crippen LogP contribution in [-0.4, -0.2) is 29.3 Å². The van der Waals surface area contributed by atoms with E-state index in [1.807, 2.05) is 12.1 Å². The molecule has 30 heavy (non-hydrogen) atoms. The largest absolute Gasteiger partial charge is 0.478 e. The highest BCUT2D eigenvalue weighted by atomic mass is 16.5. The number of carboxylic acid groups (broad SMARTS) is 1. The topological polar surface area (TPSA) is 71.5 Å². The number of aromatic carboxylic acids is 1. The van der Waals surface area contributed by atoms with E-state index in [9.17, 15) is 9.90 Å². The van der Waals surface area contributed by atoms with Gasteiger partial charge in [0, 0.05) is 35.3 Å². The van der Waals surface area contributed by atoms with Gasteiger partial charge in [-0.15, -0.1) is 0 Å². The SMILES string of the molecule is Cc1cc([C@@H](C)Nc2ccccc2C(=O)O)c2cc([C@@H]3CCCOC3)c(C)nc2c1. The maximum absolute atomic E-state index is 11.6. The van der Waals surface area contributed by atoms with Crippen LogP contribution in [0.4, 0.5) is 5.69 Å². The molecular weight excluding hydrogens is 376 g/mol. The van der Waals surface area contributed by atoms with Gasteiger partial charge in [-0.2, -0.15) is 0 Å². The molecular formula is C25H28N2O3. The number of nitrogens with one attached hydrogen (secondary N) is 1. The van der Waals surface area contributed by atoms with Crippen LogP contribution >= 0.6 is 0 Å². The van der Waals surface area contributed by atoms with E-state index in [0.29, 0.717) is 11.6 Å². The molecule has 1 fully saturated rings. The number of aryl methyl sites for hydroxylation is 2. The van der Waals surface area contributed by atoms with Gasteiger partial charge in [-0.25, -0.2) is 4.79 Å². The Bertz CT molecular complexity index is 1090. The van der Waals surface area contributed by atoms with E-state index in [1.165, 1.54) is 5.56 Å². The van der Waals surface area contributed by atoms with E-state index >= 15 is 0 Å². The average Bonchev–Trinajstić information content (AvgIpc) is 2.73. The summed E-state index contributed by atoms with van der Waals surface area (Å²) in [5.41, 5.74) is 6.44. The van der Waals surface area contributed by atoms with Gasteiger partial charge in [-0.1, -0.05) is 18.2 Å². The normalized spacial score (nSPS) is 17.6. The maximum atomic E-state index is 11.6. The van der Waals surface area contributed by atoms with Gasteiger partial charge in [0.25, 0.3) is 0 Å². The van der Waals surface area contributed by atoms with Crippen LogP contribution in [0, 0.1) is 13.8 Å². The minimum Gasteiger partial charge on any atom is -0.478 e. The van der Waals surface area contributed by atoms with E-state index in [-0.39, 0.29) is 11.6 Å². The third-order valence-corrected chi connectivity index (χ3v) is 5.94. The molecule has 1 aliphatic rings. The highest BCUT2D eigenvalue weighted by Gasteiger charge is 2.21. The number of nitrogens with zero attached hydrogens (tertiary/aromatic N) is 1. The van der Waals surface area contributed by atoms with Gasteiger partial charge >= 0.3 is 5.97 Å². The van der Waals surface area contributed by atoms with Crippen LogP contribution in [0.1, 0.15) is 64.5 Å². The predicted molar refractivity (Wildman–Crippen MR) is 119 cm³/mol. The first-order valence-corrected chi connectivity index (χ1v) is 10.5. The number of pyridine rings is 1. The zero-order chi connectivity index (χ0) is 21.3. The number of aromatic nitrogens is 1. The first kappa shape index (κ1) is 20.4. The van der Waals surface area contributed by atoms with Gasteiger partial charge in [-0.05, 0) is 74.6 Å². The summed E-state index contributed by atoms with van der Waals surface area (Å²) < 4.78 is 5.72. The lowest BCUT2D eigenvalue weighted by atomic mass is 9.89. The van der Waals surface area contributed by atoms with Gasteiger partial charge in [0.05, 0.1) is 17.7 Å². The van der Waals surface area contributed by atoms with Crippen LogP contribution in [0.3, 0.4) is 0 Å². The van der Waals surface area contributed by atoms with Crippen molar-refractivity contribution in [3.8, 4) is 0 Å². The van der Waals surface area contributed by atoms with E-state index in [1.54, 1.807) is 12.1 Å². The molecule has 2 N–H and O–H groups in total. The van der Waals surface area contributed by atoms with Crippen molar-refractivity contribution in [2.45, 2.75) is 45.6 Å². The summed E-state index contributed by atoms with van der Waals surface area (Å²) in [6.07, 6.45) is 2.20. The fourth-order valence-corrected chi connectivity index (χ4v) is 4.42.